The van der Waals surface area contributed by atoms with Crippen LogP contribution in [0.25, 0.3) is 0 Å². The number of carbonyl (C=O) groups excluding carboxylic acids is 1. The first-order chi connectivity index (χ1) is 8.99. The summed E-state index contributed by atoms with van der Waals surface area (Å²) in [6, 6.07) is 6.10. The van der Waals surface area contributed by atoms with E-state index >= 15 is 0 Å². The fraction of sp³-hybridized carbons (Fsp3) is 0.533. The number of carbonyl (C=O) groups is 1. The number of para-hydroxylation sites is 1. The molecule has 1 aromatic carbocycles. The second-order valence-corrected chi connectivity index (χ2v) is 5.40. The molecule has 1 amide bonds. The fourth-order valence-corrected chi connectivity index (χ4v) is 2.43. The zero-order valence-electron chi connectivity index (χ0n) is 11.8. The number of nitrogens with zero attached hydrogens (tertiary/aromatic N) is 1. The second-order valence-electron chi connectivity index (χ2n) is 5.40. The van der Waals surface area contributed by atoms with Crippen LogP contribution in [0.4, 0.5) is 0 Å². The number of aryl methyl sites for hydroxylation is 1. The Bertz CT molecular complexity index is 471. The van der Waals surface area contributed by atoms with Crippen LogP contribution < -0.4 is 10.5 Å². The minimum absolute atomic E-state index is 0.0648. The van der Waals surface area contributed by atoms with Crippen molar-refractivity contribution in [3.8, 4) is 5.75 Å². The van der Waals surface area contributed by atoms with Gasteiger partial charge in [0.2, 0.25) is 0 Å². The molecule has 0 saturated carbocycles. The van der Waals surface area contributed by atoms with E-state index < -0.39 is 0 Å². The lowest BCUT2D eigenvalue weighted by atomic mass is 10.0. The van der Waals surface area contributed by atoms with E-state index in [1.54, 1.807) is 4.90 Å². The maximum atomic E-state index is 11.9. The second kappa shape index (κ2) is 5.61. The van der Waals surface area contributed by atoms with Gasteiger partial charge in [0.1, 0.15) is 5.75 Å². The van der Waals surface area contributed by atoms with E-state index in [9.17, 15) is 4.79 Å². The van der Waals surface area contributed by atoms with Crippen molar-refractivity contribution < 1.29 is 9.53 Å². The molecule has 0 radical (unpaired) electrons. The lowest BCUT2D eigenvalue weighted by molar-refractivity contribution is -0.132. The molecule has 1 heterocycles. The highest BCUT2D eigenvalue weighted by Crippen LogP contribution is 2.27. The normalized spacial score (nSPS) is 20.7. The molecule has 104 valence electrons. The predicted molar refractivity (Wildman–Crippen MR) is 75.2 cm³/mol. The van der Waals surface area contributed by atoms with Crippen molar-refractivity contribution in [2.24, 2.45) is 5.73 Å². The Labute approximate surface area is 114 Å². The monoisotopic (exact) mass is 262 g/mol. The van der Waals surface area contributed by atoms with E-state index in [0.717, 1.165) is 36.3 Å². The van der Waals surface area contributed by atoms with E-state index in [-0.39, 0.29) is 18.1 Å². The van der Waals surface area contributed by atoms with Crippen LogP contribution in [0.1, 0.15) is 24.5 Å². The summed E-state index contributed by atoms with van der Waals surface area (Å²) in [5.74, 6) is 0.892. The molecule has 1 fully saturated rings. The Balaban J connectivity index is 2.21. The molecular formula is C15H22N2O2. The number of likely N-dealkylation sites (N-methyl/N-ethyl adjacent to an activating group) is 1. The average molecular weight is 262 g/mol. The first-order valence-corrected chi connectivity index (χ1v) is 6.74. The van der Waals surface area contributed by atoms with Crippen molar-refractivity contribution in [1.82, 2.24) is 4.90 Å². The number of likely N-dealkylation sites (tertiary alicyclic amines) is 1. The van der Waals surface area contributed by atoms with Crippen LogP contribution in [0.2, 0.25) is 0 Å². The zero-order valence-corrected chi connectivity index (χ0v) is 11.8. The predicted octanol–water partition coefficient (Wildman–Crippen LogP) is 1.49. The van der Waals surface area contributed by atoms with Gasteiger partial charge in [-0.2, -0.15) is 0 Å². The van der Waals surface area contributed by atoms with Crippen LogP contribution in [-0.2, 0) is 11.2 Å². The average Bonchev–Trinajstić information content (AvgIpc) is 2.64. The summed E-state index contributed by atoms with van der Waals surface area (Å²) in [7, 11) is 1.81. The summed E-state index contributed by atoms with van der Waals surface area (Å²) in [5.41, 5.74) is 8.01. The van der Waals surface area contributed by atoms with E-state index in [2.05, 4.69) is 0 Å². The van der Waals surface area contributed by atoms with Crippen LogP contribution >= 0.6 is 0 Å². The Morgan fingerprint density at radius 1 is 1.53 bits per heavy atom. The van der Waals surface area contributed by atoms with Gasteiger partial charge in [0.05, 0.1) is 0 Å². The minimum Gasteiger partial charge on any atom is -0.480 e. The Kier molecular flexibility index (Phi) is 4.10. The van der Waals surface area contributed by atoms with Gasteiger partial charge < -0.3 is 15.4 Å². The highest BCUT2D eigenvalue weighted by molar-refractivity contribution is 5.83. The molecule has 4 heteroatoms. The number of nitrogens with two attached hydrogens (primary N) is 1. The van der Waals surface area contributed by atoms with Gasteiger partial charge >= 0.3 is 0 Å². The van der Waals surface area contributed by atoms with Crippen LogP contribution in [0.3, 0.4) is 0 Å². The molecule has 1 aromatic rings. The molecule has 2 rings (SSSR count). The summed E-state index contributed by atoms with van der Waals surface area (Å²) in [6.07, 6.45) is 1.16. The van der Waals surface area contributed by atoms with Gasteiger partial charge in [0.15, 0.2) is 6.10 Å². The number of hydrogen-bond donors (Lipinski definition) is 1. The highest BCUT2D eigenvalue weighted by atomic mass is 16.5. The maximum absolute atomic E-state index is 11.9. The molecule has 1 aliphatic heterocycles. The maximum Gasteiger partial charge on any atom is 0.263 e. The number of ether oxygens (including phenoxy) is 1. The number of amides is 1. The SMILES string of the molecule is Cc1cccc(CC(C)N)c1OC1CCN(C)C1=O. The van der Waals surface area contributed by atoms with Gasteiger partial charge in [-0.25, -0.2) is 0 Å². The van der Waals surface area contributed by atoms with Gasteiger partial charge in [-0.3, -0.25) is 4.79 Å². The summed E-state index contributed by atoms with van der Waals surface area (Å²) in [6.45, 7) is 4.74. The van der Waals surface area contributed by atoms with Gasteiger partial charge in [-0.05, 0) is 31.4 Å². The molecule has 0 aromatic heterocycles. The Hall–Kier alpha value is -1.55. The van der Waals surface area contributed by atoms with Crippen LogP contribution in [0.15, 0.2) is 18.2 Å². The number of rotatable bonds is 4. The molecule has 0 bridgehead atoms. The van der Waals surface area contributed by atoms with E-state index in [1.807, 2.05) is 39.1 Å². The quantitative estimate of drug-likeness (QED) is 0.894. The van der Waals surface area contributed by atoms with Crippen LogP contribution in [0, 0.1) is 6.92 Å². The fourth-order valence-electron chi connectivity index (χ4n) is 2.43. The first-order valence-electron chi connectivity index (χ1n) is 6.74. The first kappa shape index (κ1) is 13.9. The van der Waals surface area contributed by atoms with E-state index in [0.29, 0.717) is 0 Å². The number of hydrogen-bond acceptors (Lipinski definition) is 3. The lowest BCUT2D eigenvalue weighted by Crippen LogP contribution is -2.30. The molecule has 0 spiro atoms. The van der Waals surface area contributed by atoms with Gasteiger partial charge in [0.25, 0.3) is 5.91 Å². The van der Waals surface area contributed by atoms with Crippen molar-refractivity contribution in [3.63, 3.8) is 0 Å². The van der Waals surface area contributed by atoms with Gasteiger partial charge in [0, 0.05) is 26.1 Å². The van der Waals surface area contributed by atoms with E-state index in [4.69, 9.17) is 10.5 Å². The van der Waals surface area contributed by atoms with Crippen molar-refractivity contribution >= 4 is 5.91 Å². The molecular weight excluding hydrogens is 240 g/mol. The van der Waals surface area contributed by atoms with Crippen molar-refractivity contribution in [1.29, 1.82) is 0 Å². The van der Waals surface area contributed by atoms with Crippen LogP contribution in [0.5, 0.6) is 5.75 Å². The standard InChI is InChI=1S/C15H22N2O2/c1-10-5-4-6-12(9-11(2)16)14(10)19-13-7-8-17(3)15(13)18/h4-6,11,13H,7-9,16H2,1-3H3. The molecule has 0 aliphatic carbocycles. The molecule has 2 N–H and O–H groups in total. The molecule has 4 nitrogen and oxygen atoms in total. The van der Waals surface area contributed by atoms with Gasteiger partial charge in [-0.1, -0.05) is 18.2 Å². The topological polar surface area (TPSA) is 55.6 Å². The highest BCUT2D eigenvalue weighted by Gasteiger charge is 2.31. The largest absolute Gasteiger partial charge is 0.480 e. The van der Waals surface area contributed by atoms with Crippen molar-refractivity contribution in [2.75, 3.05) is 13.6 Å². The molecule has 1 saturated heterocycles. The molecule has 19 heavy (non-hydrogen) atoms. The summed E-state index contributed by atoms with van der Waals surface area (Å²) in [5, 5.41) is 0. The van der Waals surface area contributed by atoms with Crippen molar-refractivity contribution in [3.05, 3.63) is 29.3 Å². The van der Waals surface area contributed by atoms with E-state index in [1.165, 1.54) is 0 Å². The minimum atomic E-state index is -0.349. The third kappa shape index (κ3) is 3.07. The number of benzene rings is 1. The summed E-state index contributed by atoms with van der Waals surface area (Å²) in [4.78, 5) is 13.6. The van der Waals surface area contributed by atoms with Crippen LogP contribution in [-0.4, -0.2) is 36.5 Å². The lowest BCUT2D eigenvalue weighted by Gasteiger charge is -2.19. The van der Waals surface area contributed by atoms with Crippen molar-refractivity contribution in [2.45, 2.75) is 38.8 Å². The Morgan fingerprint density at radius 3 is 2.84 bits per heavy atom. The third-order valence-electron chi connectivity index (χ3n) is 3.47. The molecule has 1 aliphatic rings. The molecule has 2 unspecified atom stereocenters. The smallest absolute Gasteiger partial charge is 0.263 e. The molecule has 2 atom stereocenters. The zero-order chi connectivity index (χ0) is 14.0. The summed E-state index contributed by atoms with van der Waals surface area (Å²) < 4.78 is 5.97. The summed E-state index contributed by atoms with van der Waals surface area (Å²) >= 11 is 0. The van der Waals surface area contributed by atoms with Gasteiger partial charge in [-0.15, -0.1) is 0 Å². The third-order valence-corrected chi connectivity index (χ3v) is 3.47. The Morgan fingerprint density at radius 2 is 2.26 bits per heavy atom.